The number of halogens is 5. The van der Waals surface area contributed by atoms with E-state index in [-0.39, 0.29) is 12.8 Å². The zero-order valence-electron chi connectivity index (χ0n) is 8.60. The number of carboxylic acid groups (broad SMARTS) is 1. The summed E-state index contributed by atoms with van der Waals surface area (Å²) in [4.78, 5) is 10.3. The summed E-state index contributed by atoms with van der Waals surface area (Å²) < 4.78 is 63.4. The predicted molar refractivity (Wildman–Crippen MR) is 45.5 cm³/mol. The van der Waals surface area contributed by atoms with Gasteiger partial charge in [0.15, 0.2) is 0 Å². The first-order chi connectivity index (χ1) is 7.51. The molecule has 0 radical (unpaired) electrons. The van der Waals surface area contributed by atoms with E-state index in [1.165, 1.54) is 0 Å². The van der Waals surface area contributed by atoms with Crippen LogP contribution in [0.4, 0.5) is 22.0 Å². The highest BCUT2D eigenvalue weighted by molar-refractivity contribution is 5.77. The molecule has 2 unspecified atom stereocenters. The van der Waals surface area contributed by atoms with E-state index in [9.17, 15) is 31.9 Å². The van der Waals surface area contributed by atoms with Crippen molar-refractivity contribution in [3.63, 3.8) is 0 Å². The maximum absolute atomic E-state index is 13.2. The third kappa shape index (κ3) is 2.51. The average Bonchev–Trinajstić information content (AvgIpc) is 2.16. The molecule has 8 heteroatoms. The standard InChI is InChI=1S/C9H11F5O3/c10-8(11,6(15)16)7(17)3-1-2-5(4-7)9(12,13)14/h5,17H,1-4H2,(H,15,16). The zero-order chi connectivity index (χ0) is 13.5. The molecule has 17 heavy (non-hydrogen) atoms. The summed E-state index contributed by atoms with van der Waals surface area (Å²) in [5, 5.41) is 17.7. The lowest BCUT2D eigenvalue weighted by Gasteiger charge is -2.40. The van der Waals surface area contributed by atoms with Crippen LogP contribution in [-0.2, 0) is 4.79 Å². The number of aliphatic carboxylic acids is 1. The Morgan fingerprint density at radius 3 is 2.18 bits per heavy atom. The van der Waals surface area contributed by atoms with Gasteiger partial charge in [0.05, 0.1) is 5.92 Å². The number of alkyl halides is 5. The summed E-state index contributed by atoms with van der Waals surface area (Å²) >= 11 is 0. The van der Waals surface area contributed by atoms with Crippen molar-refractivity contribution >= 4 is 5.97 Å². The molecule has 0 heterocycles. The number of rotatable bonds is 2. The molecule has 0 aromatic carbocycles. The molecule has 1 saturated carbocycles. The van der Waals surface area contributed by atoms with Crippen molar-refractivity contribution in [2.75, 3.05) is 0 Å². The third-order valence-corrected chi connectivity index (χ3v) is 3.04. The minimum atomic E-state index is -4.71. The van der Waals surface area contributed by atoms with Crippen LogP contribution >= 0.6 is 0 Å². The van der Waals surface area contributed by atoms with Crippen LogP contribution in [0.2, 0.25) is 0 Å². The fourth-order valence-electron chi connectivity index (χ4n) is 2.02. The Bertz CT molecular complexity index is 314. The SMILES string of the molecule is O=C(O)C(F)(F)C1(O)CCCC(C(F)(F)F)C1. The molecular weight excluding hydrogens is 251 g/mol. The van der Waals surface area contributed by atoms with Crippen LogP contribution in [0.5, 0.6) is 0 Å². The molecule has 0 aliphatic heterocycles. The molecule has 3 nitrogen and oxygen atoms in total. The van der Waals surface area contributed by atoms with Gasteiger partial charge in [-0.15, -0.1) is 0 Å². The van der Waals surface area contributed by atoms with Crippen LogP contribution in [0, 0.1) is 5.92 Å². The number of hydrogen-bond donors (Lipinski definition) is 2. The summed E-state index contributed by atoms with van der Waals surface area (Å²) in [6.07, 6.45) is -7.30. The van der Waals surface area contributed by atoms with Gasteiger partial charge in [-0.2, -0.15) is 22.0 Å². The van der Waals surface area contributed by atoms with Gasteiger partial charge in [0.25, 0.3) is 0 Å². The fourth-order valence-corrected chi connectivity index (χ4v) is 2.02. The first kappa shape index (κ1) is 14.1. The molecule has 1 aliphatic rings. The van der Waals surface area contributed by atoms with Crippen molar-refractivity contribution in [3.8, 4) is 0 Å². The Labute approximate surface area is 93.2 Å². The summed E-state index contributed by atoms with van der Waals surface area (Å²) in [5.41, 5.74) is -3.13. The second-order valence-electron chi connectivity index (χ2n) is 4.25. The van der Waals surface area contributed by atoms with Crippen LogP contribution < -0.4 is 0 Å². The van der Waals surface area contributed by atoms with E-state index in [0.29, 0.717) is 0 Å². The smallest absolute Gasteiger partial charge is 0.391 e. The van der Waals surface area contributed by atoms with Gasteiger partial charge >= 0.3 is 18.1 Å². The summed E-state index contributed by atoms with van der Waals surface area (Å²) in [5.74, 6) is -9.27. The maximum Gasteiger partial charge on any atom is 0.391 e. The van der Waals surface area contributed by atoms with Crippen molar-refractivity contribution in [1.29, 1.82) is 0 Å². The molecule has 0 bridgehead atoms. The quantitative estimate of drug-likeness (QED) is 0.750. The lowest BCUT2D eigenvalue weighted by Crippen LogP contribution is -2.56. The summed E-state index contributed by atoms with van der Waals surface area (Å²) in [6.45, 7) is 0. The van der Waals surface area contributed by atoms with Gasteiger partial charge in [0.1, 0.15) is 5.60 Å². The van der Waals surface area contributed by atoms with Gasteiger partial charge in [0.2, 0.25) is 0 Å². The summed E-state index contributed by atoms with van der Waals surface area (Å²) in [6, 6.07) is 0. The molecular formula is C9H11F5O3. The second-order valence-corrected chi connectivity index (χ2v) is 4.25. The maximum atomic E-state index is 13.2. The number of carbonyl (C=O) groups is 1. The van der Waals surface area contributed by atoms with Crippen LogP contribution in [0.15, 0.2) is 0 Å². The Morgan fingerprint density at radius 1 is 1.24 bits per heavy atom. The molecule has 1 rings (SSSR count). The van der Waals surface area contributed by atoms with Gasteiger partial charge in [-0.25, -0.2) is 4.79 Å². The second kappa shape index (κ2) is 4.08. The van der Waals surface area contributed by atoms with Gasteiger partial charge < -0.3 is 10.2 Å². The van der Waals surface area contributed by atoms with Gasteiger partial charge in [-0.3, -0.25) is 0 Å². The van der Waals surface area contributed by atoms with Gasteiger partial charge in [0, 0.05) is 0 Å². The minimum absolute atomic E-state index is 0.288. The highest BCUT2D eigenvalue weighted by Gasteiger charge is 2.62. The van der Waals surface area contributed by atoms with Crippen molar-refractivity contribution in [3.05, 3.63) is 0 Å². The Kier molecular flexibility index (Phi) is 3.39. The number of hydrogen-bond acceptors (Lipinski definition) is 2. The highest BCUT2D eigenvalue weighted by atomic mass is 19.4. The van der Waals surface area contributed by atoms with Gasteiger partial charge in [-0.05, 0) is 25.7 Å². The van der Waals surface area contributed by atoms with Crippen LogP contribution in [0.1, 0.15) is 25.7 Å². The van der Waals surface area contributed by atoms with E-state index in [0.717, 1.165) is 0 Å². The molecule has 0 aromatic heterocycles. The first-order valence-electron chi connectivity index (χ1n) is 4.91. The topological polar surface area (TPSA) is 57.5 Å². The molecule has 0 saturated heterocycles. The third-order valence-electron chi connectivity index (χ3n) is 3.04. The molecule has 100 valence electrons. The van der Waals surface area contributed by atoms with Crippen LogP contribution in [0.3, 0.4) is 0 Å². The van der Waals surface area contributed by atoms with Crippen LogP contribution in [0.25, 0.3) is 0 Å². The number of aliphatic hydroxyl groups is 1. The Morgan fingerprint density at radius 2 is 1.76 bits per heavy atom. The van der Waals surface area contributed by atoms with E-state index >= 15 is 0 Å². The number of carboxylic acids is 1. The highest BCUT2D eigenvalue weighted by Crippen LogP contribution is 2.47. The Hall–Kier alpha value is -0.920. The van der Waals surface area contributed by atoms with E-state index in [4.69, 9.17) is 5.11 Å². The average molecular weight is 262 g/mol. The molecule has 1 aliphatic carbocycles. The largest absolute Gasteiger partial charge is 0.477 e. The molecule has 0 spiro atoms. The first-order valence-corrected chi connectivity index (χ1v) is 4.91. The van der Waals surface area contributed by atoms with E-state index in [1.807, 2.05) is 0 Å². The lowest BCUT2D eigenvalue weighted by molar-refractivity contribution is -0.247. The van der Waals surface area contributed by atoms with Crippen molar-refractivity contribution < 1.29 is 37.0 Å². The summed E-state index contributed by atoms with van der Waals surface area (Å²) in [7, 11) is 0. The molecule has 0 amide bonds. The fraction of sp³-hybridized carbons (Fsp3) is 0.889. The van der Waals surface area contributed by atoms with E-state index < -0.39 is 42.4 Å². The zero-order valence-corrected chi connectivity index (χ0v) is 8.60. The molecule has 1 fully saturated rings. The van der Waals surface area contributed by atoms with Crippen molar-refractivity contribution in [2.45, 2.75) is 43.4 Å². The van der Waals surface area contributed by atoms with Crippen molar-refractivity contribution in [1.82, 2.24) is 0 Å². The molecule has 0 aromatic rings. The van der Waals surface area contributed by atoms with E-state index in [1.54, 1.807) is 0 Å². The monoisotopic (exact) mass is 262 g/mol. The minimum Gasteiger partial charge on any atom is -0.477 e. The van der Waals surface area contributed by atoms with E-state index in [2.05, 4.69) is 0 Å². The van der Waals surface area contributed by atoms with Crippen molar-refractivity contribution in [2.24, 2.45) is 5.92 Å². The molecule has 2 N–H and O–H groups in total. The van der Waals surface area contributed by atoms with Crippen LogP contribution in [-0.4, -0.2) is 33.9 Å². The normalized spacial score (nSPS) is 31.3. The molecule has 2 atom stereocenters. The predicted octanol–water partition coefficient (Wildman–Crippen LogP) is 2.19. The van der Waals surface area contributed by atoms with Gasteiger partial charge in [-0.1, -0.05) is 0 Å². The Balaban J connectivity index is 2.95. The lowest BCUT2D eigenvalue weighted by atomic mass is 9.74.